The molecule has 2 N–H and O–H groups in total. The third-order valence-electron chi connectivity index (χ3n) is 3.40. The van der Waals surface area contributed by atoms with E-state index in [1.807, 2.05) is 42.8 Å². The van der Waals surface area contributed by atoms with E-state index in [4.69, 9.17) is 0 Å². The number of nitrogens with one attached hydrogen (secondary N) is 2. The number of rotatable bonds is 6. The molecule has 0 saturated heterocycles. The highest BCUT2D eigenvalue weighted by Crippen LogP contribution is 2.19. The summed E-state index contributed by atoms with van der Waals surface area (Å²) in [7, 11) is 0. The zero-order chi connectivity index (χ0) is 15.9. The van der Waals surface area contributed by atoms with Gasteiger partial charge in [-0.3, -0.25) is 9.59 Å². The Kier molecular flexibility index (Phi) is 5.72. The van der Waals surface area contributed by atoms with Crippen molar-refractivity contribution in [3.63, 3.8) is 0 Å². The first-order valence-corrected chi connectivity index (χ1v) is 8.18. The summed E-state index contributed by atoms with van der Waals surface area (Å²) in [5.41, 5.74) is 3.66. The molecule has 0 unspecified atom stereocenters. The van der Waals surface area contributed by atoms with Gasteiger partial charge in [-0.1, -0.05) is 18.2 Å². The van der Waals surface area contributed by atoms with Crippen molar-refractivity contribution in [1.82, 2.24) is 5.32 Å². The predicted octanol–water partition coefficient (Wildman–Crippen LogP) is 3.51. The number of carbonyl (C=O) groups is 2. The smallest absolute Gasteiger partial charge is 0.252 e. The van der Waals surface area contributed by atoms with E-state index < -0.39 is 0 Å². The summed E-state index contributed by atoms with van der Waals surface area (Å²) < 4.78 is 0. The van der Waals surface area contributed by atoms with Crippen LogP contribution in [0.25, 0.3) is 0 Å². The lowest BCUT2D eigenvalue weighted by Gasteiger charge is -2.11. The molecule has 1 heterocycles. The van der Waals surface area contributed by atoms with Crippen LogP contribution in [0.15, 0.2) is 35.0 Å². The fraction of sp³-hybridized carbons (Fsp3) is 0.294. The normalized spacial score (nSPS) is 10.3. The Bertz CT molecular complexity index is 630. The molecular formula is C17H20N2O2S. The van der Waals surface area contributed by atoms with E-state index in [0.29, 0.717) is 24.9 Å². The van der Waals surface area contributed by atoms with Crippen molar-refractivity contribution in [2.45, 2.75) is 26.7 Å². The Hall–Kier alpha value is -2.14. The first-order chi connectivity index (χ1) is 10.6. The average Bonchev–Trinajstić information content (AvgIpc) is 3.02. The van der Waals surface area contributed by atoms with E-state index in [9.17, 15) is 9.59 Å². The summed E-state index contributed by atoms with van der Waals surface area (Å²) in [6.45, 7) is 4.45. The highest BCUT2D eigenvalue weighted by atomic mass is 32.1. The molecule has 0 fully saturated rings. The van der Waals surface area contributed by atoms with Gasteiger partial charge in [0.05, 0.1) is 0 Å². The van der Waals surface area contributed by atoms with E-state index in [-0.39, 0.29) is 11.8 Å². The van der Waals surface area contributed by atoms with Crippen LogP contribution in [0, 0.1) is 13.8 Å². The molecule has 0 atom stereocenters. The number of benzene rings is 1. The number of hydrogen-bond donors (Lipinski definition) is 2. The highest BCUT2D eigenvalue weighted by molar-refractivity contribution is 7.08. The number of aryl methyl sites for hydroxylation is 2. The maximum atomic E-state index is 12.0. The van der Waals surface area contributed by atoms with E-state index in [1.165, 1.54) is 11.3 Å². The standard InChI is InChI=1S/C17H20N2O2S/c1-12-5-3-6-13(2)16(12)19-15(20)7-4-9-18-17(21)14-8-10-22-11-14/h3,5-6,8,10-11H,4,7,9H2,1-2H3,(H,18,21)(H,19,20). The Morgan fingerprint density at radius 1 is 1.14 bits per heavy atom. The molecule has 5 heteroatoms. The van der Waals surface area contributed by atoms with Crippen LogP contribution in [-0.4, -0.2) is 18.4 Å². The predicted molar refractivity (Wildman–Crippen MR) is 90.4 cm³/mol. The quantitative estimate of drug-likeness (QED) is 0.801. The fourth-order valence-corrected chi connectivity index (χ4v) is 2.80. The maximum Gasteiger partial charge on any atom is 0.252 e. The maximum absolute atomic E-state index is 12.0. The second-order valence-corrected chi connectivity index (χ2v) is 5.97. The Labute approximate surface area is 134 Å². The molecule has 0 aliphatic heterocycles. The van der Waals surface area contributed by atoms with E-state index in [0.717, 1.165) is 16.8 Å². The van der Waals surface area contributed by atoms with E-state index in [1.54, 1.807) is 6.07 Å². The van der Waals surface area contributed by atoms with E-state index in [2.05, 4.69) is 10.6 Å². The van der Waals surface area contributed by atoms with Gasteiger partial charge in [0.2, 0.25) is 5.91 Å². The van der Waals surface area contributed by atoms with Gasteiger partial charge in [-0.25, -0.2) is 0 Å². The van der Waals surface area contributed by atoms with Gasteiger partial charge in [0, 0.05) is 29.6 Å². The molecule has 1 aromatic carbocycles. The van der Waals surface area contributed by atoms with Crippen molar-refractivity contribution in [3.05, 3.63) is 51.7 Å². The number of thiophene rings is 1. The van der Waals surface area contributed by atoms with Crippen molar-refractivity contribution in [2.24, 2.45) is 0 Å². The molecule has 2 aromatic rings. The molecule has 2 amide bonds. The van der Waals surface area contributed by atoms with Gasteiger partial charge >= 0.3 is 0 Å². The molecule has 0 radical (unpaired) electrons. The molecule has 116 valence electrons. The first kappa shape index (κ1) is 16.2. The summed E-state index contributed by atoms with van der Waals surface area (Å²) in [6, 6.07) is 7.71. The first-order valence-electron chi connectivity index (χ1n) is 7.24. The zero-order valence-corrected chi connectivity index (χ0v) is 13.6. The second kappa shape index (κ2) is 7.75. The van der Waals surface area contributed by atoms with Crippen LogP contribution in [0.1, 0.15) is 34.3 Å². The summed E-state index contributed by atoms with van der Waals surface area (Å²) in [5, 5.41) is 9.44. The Morgan fingerprint density at radius 3 is 2.50 bits per heavy atom. The topological polar surface area (TPSA) is 58.2 Å². The van der Waals surface area contributed by atoms with Gasteiger partial charge < -0.3 is 10.6 Å². The van der Waals surface area contributed by atoms with Gasteiger partial charge in [-0.05, 0) is 42.8 Å². The van der Waals surface area contributed by atoms with Crippen molar-refractivity contribution in [2.75, 3.05) is 11.9 Å². The number of carbonyl (C=O) groups excluding carboxylic acids is 2. The van der Waals surface area contributed by atoms with Crippen LogP contribution in [-0.2, 0) is 4.79 Å². The molecule has 0 saturated carbocycles. The SMILES string of the molecule is Cc1cccc(C)c1NC(=O)CCCNC(=O)c1ccsc1. The third-order valence-corrected chi connectivity index (χ3v) is 4.08. The Morgan fingerprint density at radius 2 is 1.86 bits per heavy atom. The van der Waals surface area contributed by atoms with Crippen LogP contribution >= 0.6 is 11.3 Å². The monoisotopic (exact) mass is 316 g/mol. The summed E-state index contributed by atoms with van der Waals surface area (Å²) >= 11 is 1.49. The van der Waals surface area contributed by atoms with E-state index >= 15 is 0 Å². The van der Waals surface area contributed by atoms with Gasteiger partial charge in [0.1, 0.15) is 0 Å². The zero-order valence-electron chi connectivity index (χ0n) is 12.8. The molecule has 22 heavy (non-hydrogen) atoms. The molecule has 4 nitrogen and oxygen atoms in total. The minimum absolute atomic E-state index is 0.0258. The van der Waals surface area contributed by atoms with Gasteiger partial charge in [0.25, 0.3) is 5.91 Å². The molecular weight excluding hydrogens is 296 g/mol. The lowest BCUT2D eigenvalue weighted by molar-refractivity contribution is -0.116. The van der Waals surface area contributed by atoms with Crippen molar-refractivity contribution in [3.8, 4) is 0 Å². The molecule has 2 rings (SSSR count). The molecule has 0 spiro atoms. The van der Waals surface area contributed by atoms with Crippen LogP contribution in [0.2, 0.25) is 0 Å². The van der Waals surface area contributed by atoms with Crippen molar-refractivity contribution >= 4 is 28.8 Å². The number of anilines is 1. The van der Waals surface area contributed by atoms with Gasteiger partial charge in [0.15, 0.2) is 0 Å². The Balaban J connectivity index is 1.73. The molecule has 1 aromatic heterocycles. The molecule has 0 aliphatic rings. The molecule has 0 aliphatic carbocycles. The minimum atomic E-state index is -0.0867. The fourth-order valence-electron chi connectivity index (χ4n) is 2.16. The third kappa shape index (κ3) is 4.43. The van der Waals surface area contributed by atoms with Crippen LogP contribution in [0.3, 0.4) is 0 Å². The summed E-state index contributed by atoms with van der Waals surface area (Å²) in [4.78, 5) is 23.7. The number of amides is 2. The van der Waals surface area contributed by atoms with Crippen LogP contribution in [0.5, 0.6) is 0 Å². The van der Waals surface area contributed by atoms with Crippen LogP contribution in [0.4, 0.5) is 5.69 Å². The van der Waals surface area contributed by atoms with Gasteiger partial charge in [-0.15, -0.1) is 0 Å². The summed E-state index contributed by atoms with van der Waals surface area (Å²) in [6.07, 6.45) is 1.00. The van der Waals surface area contributed by atoms with Crippen molar-refractivity contribution < 1.29 is 9.59 Å². The molecule has 0 bridgehead atoms. The summed E-state index contributed by atoms with van der Waals surface area (Å²) in [5.74, 6) is -0.112. The van der Waals surface area contributed by atoms with Gasteiger partial charge in [-0.2, -0.15) is 11.3 Å². The van der Waals surface area contributed by atoms with Crippen molar-refractivity contribution in [1.29, 1.82) is 0 Å². The highest BCUT2D eigenvalue weighted by Gasteiger charge is 2.08. The second-order valence-electron chi connectivity index (χ2n) is 5.19. The lowest BCUT2D eigenvalue weighted by atomic mass is 10.1. The van der Waals surface area contributed by atoms with Crippen LogP contribution < -0.4 is 10.6 Å². The average molecular weight is 316 g/mol. The minimum Gasteiger partial charge on any atom is -0.352 e. The largest absolute Gasteiger partial charge is 0.352 e. The number of hydrogen-bond acceptors (Lipinski definition) is 3. The number of para-hydroxylation sites is 1. The lowest BCUT2D eigenvalue weighted by Crippen LogP contribution is -2.25.